The minimum atomic E-state index is -3.67. The van der Waals surface area contributed by atoms with E-state index in [2.05, 4.69) is 0 Å². The maximum atomic E-state index is 13.2. The molecular weight excluding hydrogens is 342 g/mol. The molecule has 0 spiro atoms. The molecule has 1 N–H and O–H groups in total. The van der Waals surface area contributed by atoms with Gasteiger partial charge in [-0.1, -0.05) is 12.1 Å². The fourth-order valence-corrected chi connectivity index (χ4v) is 5.24. The highest BCUT2D eigenvalue weighted by Gasteiger charge is 2.31. The molecule has 0 unspecified atom stereocenters. The Kier molecular flexibility index (Phi) is 4.86. The molecule has 1 amide bonds. The number of hydroxylamine groups is 2. The van der Waals surface area contributed by atoms with Gasteiger partial charge in [0.25, 0.3) is 0 Å². The number of carbonyl (C=O) groups excluding carboxylic acids is 1. The van der Waals surface area contributed by atoms with Crippen LogP contribution in [0.4, 0.5) is 0 Å². The molecular formula is C17H23N3O4S. The van der Waals surface area contributed by atoms with Crippen molar-refractivity contribution >= 4 is 21.5 Å². The van der Waals surface area contributed by atoms with Crippen LogP contribution < -0.4 is 0 Å². The molecule has 1 saturated heterocycles. The smallest absolute Gasteiger partial charge is 0.243 e. The van der Waals surface area contributed by atoms with Gasteiger partial charge in [0.15, 0.2) is 0 Å². The average Bonchev–Trinajstić information content (AvgIpc) is 2.80. The summed E-state index contributed by atoms with van der Waals surface area (Å²) in [5.74, 6) is -0.0295. The van der Waals surface area contributed by atoms with Gasteiger partial charge in [-0.15, -0.1) is 0 Å². The second-order valence-corrected chi connectivity index (χ2v) is 8.37. The second kappa shape index (κ2) is 6.78. The lowest BCUT2D eigenvalue weighted by Gasteiger charge is -2.27. The van der Waals surface area contributed by atoms with Gasteiger partial charge < -0.3 is 4.90 Å². The van der Waals surface area contributed by atoms with Crippen LogP contribution in [-0.4, -0.2) is 60.0 Å². The van der Waals surface area contributed by atoms with Crippen molar-refractivity contribution in [2.24, 2.45) is 0 Å². The molecule has 7 nitrogen and oxygen atoms in total. The zero-order chi connectivity index (χ0) is 18.2. The Hall–Kier alpha value is -1.90. The number of carbonyl (C=O) groups is 1. The van der Waals surface area contributed by atoms with Crippen LogP contribution in [0.2, 0.25) is 0 Å². The second-order valence-electron chi connectivity index (χ2n) is 6.46. The van der Waals surface area contributed by atoms with Crippen LogP contribution in [-0.2, 0) is 21.4 Å². The third kappa shape index (κ3) is 3.42. The summed E-state index contributed by atoms with van der Waals surface area (Å²) < 4.78 is 27.9. The van der Waals surface area contributed by atoms with Crippen LogP contribution in [0.3, 0.4) is 0 Å². The molecule has 2 aliphatic rings. The first-order chi connectivity index (χ1) is 11.8. The standard InChI is InChI=1S/C17H23N3O4S/c1-13-11-19(22)12-15-5-3-6-16(17(13)15)25(23,24)20-8-4-7-18(9-10-20)14(2)21/h3,5-6,11,22H,4,7-10,12H2,1-2H3. The van der Waals surface area contributed by atoms with Gasteiger partial charge in [-0.3, -0.25) is 15.1 Å². The summed E-state index contributed by atoms with van der Waals surface area (Å²) >= 11 is 0. The molecule has 2 heterocycles. The van der Waals surface area contributed by atoms with E-state index in [1.54, 1.807) is 30.2 Å². The van der Waals surface area contributed by atoms with Crippen molar-refractivity contribution in [1.29, 1.82) is 0 Å². The van der Waals surface area contributed by atoms with E-state index < -0.39 is 10.0 Å². The molecule has 136 valence electrons. The van der Waals surface area contributed by atoms with Crippen LogP contribution in [0.1, 0.15) is 31.4 Å². The van der Waals surface area contributed by atoms with E-state index in [9.17, 15) is 18.4 Å². The number of fused-ring (bicyclic) bond motifs is 1. The third-order valence-corrected chi connectivity index (χ3v) is 6.64. The SMILES string of the molecule is CC(=O)N1CCCN(S(=O)(=O)c2cccc3c2C(C)=CN(O)C3)CC1. The maximum Gasteiger partial charge on any atom is 0.243 e. The number of amides is 1. The van der Waals surface area contributed by atoms with Crippen molar-refractivity contribution in [1.82, 2.24) is 14.3 Å². The van der Waals surface area contributed by atoms with Gasteiger partial charge >= 0.3 is 0 Å². The first-order valence-corrected chi connectivity index (χ1v) is 9.76. The van der Waals surface area contributed by atoms with Crippen molar-refractivity contribution < 1.29 is 18.4 Å². The maximum absolute atomic E-state index is 13.2. The zero-order valence-electron chi connectivity index (χ0n) is 14.5. The van der Waals surface area contributed by atoms with Crippen molar-refractivity contribution in [2.45, 2.75) is 31.7 Å². The van der Waals surface area contributed by atoms with Crippen molar-refractivity contribution in [3.05, 3.63) is 35.5 Å². The number of sulfonamides is 1. The average molecular weight is 365 g/mol. The molecule has 8 heteroatoms. The summed E-state index contributed by atoms with van der Waals surface area (Å²) in [6.45, 7) is 5.22. The first-order valence-electron chi connectivity index (χ1n) is 8.32. The van der Waals surface area contributed by atoms with Crippen LogP contribution in [0, 0.1) is 0 Å². The molecule has 0 atom stereocenters. The molecule has 1 aromatic rings. The highest BCUT2D eigenvalue weighted by atomic mass is 32.2. The molecule has 1 aromatic carbocycles. The fraction of sp³-hybridized carbons (Fsp3) is 0.471. The Morgan fingerprint density at radius 1 is 1.16 bits per heavy atom. The number of hydrogen-bond acceptors (Lipinski definition) is 5. The van der Waals surface area contributed by atoms with Crippen molar-refractivity contribution in [2.75, 3.05) is 26.2 Å². The summed E-state index contributed by atoms with van der Waals surface area (Å²) in [6.07, 6.45) is 2.16. The van der Waals surface area contributed by atoms with E-state index in [4.69, 9.17) is 0 Å². The summed E-state index contributed by atoms with van der Waals surface area (Å²) in [4.78, 5) is 13.5. The Balaban J connectivity index is 1.96. The zero-order valence-corrected chi connectivity index (χ0v) is 15.3. The Bertz CT molecular complexity index is 819. The Labute approximate surface area is 148 Å². The summed E-state index contributed by atoms with van der Waals surface area (Å²) in [7, 11) is -3.67. The van der Waals surface area contributed by atoms with Gasteiger partial charge in [-0.25, -0.2) is 8.42 Å². The van der Waals surface area contributed by atoms with Crippen molar-refractivity contribution in [3.63, 3.8) is 0 Å². The first kappa shape index (κ1) is 17.9. The summed E-state index contributed by atoms with van der Waals surface area (Å²) in [5.41, 5.74) is 2.16. The minimum absolute atomic E-state index is 0.0295. The largest absolute Gasteiger partial charge is 0.342 e. The van der Waals surface area contributed by atoms with Gasteiger partial charge in [-0.2, -0.15) is 4.31 Å². The quantitative estimate of drug-likeness (QED) is 0.859. The lowest BCUT2D eigenvalue weighted by Crippen LogP contribution is -2.37. The van der Waals surface area contributed by atoms with Crippen molar-refractivity contribution in [3.8, 4) is 0 Å². The number of hydrogen-bond donors (Lipinski definition) is 1. The molecule has 3 rings (SSSR count). The lowest BCUT2D eigenvalue weighted by atomic mass is 9.99. The van der Waals surface area contributed by atoms with E-state index in [1.807, 2.05) is 6.07 Å². The Morgan fingerprint density at radius 2 is 1.92 bits per heavy atom. The number of rotatable bonds is 2. The van der Waals surface area contributed by atoms with E-state index >= 15 is 0 Å². The molecule has 0 bridgehead atoms. The van der Waals surface area contributed by atoms with E-state index in [0.717, 1.165) is 10.6 Å². The highest BCUT2D eigenvalue weighted by Crippen LogP contribution is 2.33. The van der Waals surface area contributed by atoms with Crippen LogP contribution in [0.25, 0.3) is 5.57 Å². The summed E-state index contributed by atoms with van der Waals surface area (Å²) in [5, 5.41) is 10.8. The van der Waals surface area contributed by atoms with Gasteiger partial charge in [0.2, 0.25) is 15.9 Å². The fourth-order valence-electron chi connectivity index (χ4n) is 3.47. The number of nitrogens with zero attached hydrogens (tertiary/aromatic N) is 3. The normalized spacial score (nSPS) is 19.2. The molecule has 0 aromatic heterocycles. The van der Waals surface area contributed by atoms with Crippen LogP contribution >= 0.6 is 0 Å². The highest BCUT2D eigenvalue weighted by molar-refractivity contribution is 7.89. The molecule has 25 heavy (non-hydrogen) atoms. The molecule has 1 fully saturated rings. The molecule has 0 radical (unpaired) electrons. The van der Waals surface area contributed by atoms with Gasteiger partial charge in [0, 0.05) is 44.9 Å². The lowest BCUT2D eigenvalue weighted by molar-refractivity contribution is -0.128. The summed E-state index contributed by atoms with van der Waals surface area (Å²) in [6, 6.07) is 5.15. The molecule has 0 saturated carbocycles. The van der Waals surface area contributed by atoms with E-state index in [-0.39, 0.29) is 17.3 Å². The monoisotopic (exact) mass is 365 g/mol. The van der Waals surface area contributed by atoms with Gasteiger partial charge in [0.1, 0.15) is 0 Å². The topological polar surface area (TPSA) is 81.2 Å². The number of allylic oxidation sites excluding steroid dienone is 1. The minimum Gasteiger partial charge on any atom is -0.342 e. The predicted octanol–water partition coefficient (Wildman–Crippen LogP) is 1.50. The van der Waals surface area contributed by atoms with Crippen LogP contribution in [0.15, 0.2) is 29.3 Å². The Morgan fingerprint density at radius 3 is 2.64 bits per heavy atom. The third-order valence-electron chi connectivity index (χ3n) is 4.70. The van der Waals surface area contributed by atoms with Crippen LogP contribution in [0.5, 0.6) is 0 Å². The number of benzene rings is 1. The van der Waals surface area contributed by atoms with Gasteiger partial charge in [0.05, 0.1) is 11.4 Å². The predicted molar refractivity (Wildman–Crippen MR) is 93.1 cm³/mol. The van der Waals surface area contributed by atoms with Gasteiger partial charge in [-0.05, 0) is 30.5 Å². The van der Waals surface area contributed by atoms with E-state index in [1.165, 1.54) is 11.2 Å². The van der Waals surface area contributed by atoms with E-state index in [0.29, 0.717) is 43.7 Å². The molecule has 0 aliphatic carbocycles. The molecule has 2 aliphatic heterocycles.